The molecule has 0 unspecified atom stereocenters. The Bertz CT molecular complexity index is 882. The SMILES string of the molecule is CC.Cc1ccccc1-c1c(O)c2c(cnn2C)n(C)c1=O.[CH3-].[Y]. The molecule has 3 aromatic rings. The van der Waals surface area contributed by atoms with Gasteiger partial charge in [0.05, 0.1) is 17.3 Å². The van der Waals surface area contributed by atoms with Crippen LogP contribution in [0.5, 0.6) is 5.75 Å². The summed E-state index contributed by atoms with van der Waals surface area (Å²) in [5, 5.41) is 14.6. The van der Waals surface area contributed by atoms with Gasteiger partial charge in [-0.1, -0.05) is 38.1 Å². The Kier molecular flexibility index (Phi) is 8.58. The zero-order valence-corrected chi connectivity index (χ0v) is 18.0. The molecule has 6 heteroatoms. The van der Waals surface area contributed by atoms with Crippen LogP contribution < -0.4 is 5.56 Å². The number of aryl methyl sites for hydroxylation is 3. The molecule has 0 saturated carbocycles. The van der Waals surface area contributed by atoms with Crippen molar-refractivity contribution in [1.29, 1.82) is 0 Å². The van der Waals surface area contributed by atoms with E-state index >= 15 is 0 Å². The Hall–Kier alpha value is -1.46. The number of fused-ring (bicyclic) bond motifs is 1. The number of rotatable bonds is 1. The van der Waals surface area contributed by atoms with Gasteiger partial charge in [-0.25, -0.2) is 0 Å². The summed E-state index contributed by atoms with van der Waals surface area (Å²) in [4.78, 5) is 12.5. The van der Waals surface area contributed by atoms with E-state index in [-0.39, 0.29) is 51.4 Å². The molecule has 0 atom stereocenters. The number of aromatic nitrogens is 3. The Labute approximate surface area is 168 Å². The molecule has 5 nitrogen and oxygen atoms in total. The van der Waals surface area contributed by atoms with Crippen LogP contribution >= 0.6 is 0 Å². The van der Waals surface area contributed by atoms with Gasteiger partial charge in [0.1, 0.15) is 5.52 Å². The van der Waals surface area contributed by atoms with E-state index in [0.717, 1.165) is 11.1 Å². The molecular formula is C18H24N3O2Y-. The fourth-order valence-electron chi connectivity index (χ4n) is 2.54. The maximum absolute atomic E-state index is 12.5. The van der Waals surface area contributed by atoms with Gasteiger partial charge in [0.25, 0.3) is 5.56 Å². The van der Waals surface area contributed by atoms with Gasteiger partial charge in [-0.15, -0.1) is 0 Å². The molecule has 2 heterocycles. The second-order valence-electron chi connectivity index (χ2n) is 4.90. The predicted molar refractivity (Wildman–Crippen MR) is 95.6 cm³/mol. The second-order valence-corrected chi connectivity index (χ2v) is 4.90. The van der Waals surface area contributed by atoms with E-state index in [1.165, 1.54) is 4.57 Å². The molecule has 0 spiro atoms. The predicted octanol–water partition coefficient (Wildman–Crippen LogP) is 3.43. The van der Waals surface area contributed by atoms with Crippen LogP contribution in [0.2, 0.25) is 0 Å². The number of hydrogen-bond donors (Lipinski definition) is 1. The summed E-state index contributed by atoms with van der Waals surface area (Å²) in [7, 11) is 3.43. The summed E-state index contributed by atoms with van der Waals surface area (Å²) in [5.74, 6) is -0.0163. The summed E-state index contributed by atoms with van der Waals surface area (Å²) < 4.78 is 3.09. The average Bonchev–Trinajstić information content (AvgIpc) is 2.91. The minimum absolute atomic E-state index is 0. The maximum Gasteiger partial charge on any atom is 0.262 e. The van der Waals surface area contributed by atoms with Crippen molar-refractivity contribution in [3.8, 4) is 16.9 Å². The molecule has 0 aliphatic carbocycles. The van der Waals surface area contributed by atoms with E-state index in [4.69, 9.17) is 0 Å². The van der Waals surface area contributed by atoms with Crippen LogP contribution in [0.4, 0.5) is 0 Å². The van der Waals surface area contributed by atoms with E-state index < -0.39 is 0 Å². The van der Waals surface area contributed by atoms with E-state index in [2.05, 4.69) is 5.10 Å². The summed E-state index contributed by atoms with van der Waals surface area (Å²) in [5.41, 5.74) is 2.96. The zero-order valence-electron chi connectivity index (χ0n) is 15.2. The summed E-state index contributed by atoms with van der Waals surface area (Å²) >= 11 is 0. The van der Waals surface area contributed by atoms with Gasteiger partial charge in [0.2, 0.25) is 0 Å². The van der Waals surface area contributed by atoms with Crippen LogP contribution in [0.3, 0.4) is 0 Å². The summed E-state index contributed by atoms with van der Waals surface area (Å²) in [6, 6.07) is 7.52. The number of benzene rings is 1. The van der Waals surface area contributed by atoms with Gasteiger partial charge in [-0.05, 0) is 18.1 Å². The van der Waals surface area contributed by atoms with Gasteiger partial charge in [-0.3, -0.25) is 9.48 Å². The number of hydrogen-bond acceptors (Lipinski definition) is 3. The van der Waals surface area contributed by atoms with Crippen LogP contribution in [0.25, 0.3) is 22.2 Å². The molecule has 0 aliphatic rings. The molecule has 1 N–H and O–H groups in total. The Morgan fingerprint density at radius 1 is 1.12 bits per heavy atom. The van der Waals surface area contributed by atoms with Crippen molar-refractivity contribution >= 4 is 11.0 Å². The molecule has 1 radical (unpaired) electrons. The van der Waals surface area contributed by atoms with E-state index in [1.807, 2.05) is 45.0 Å². The smallest absolute Gasteiger partial charge is 0.262 e. The molecule has 0 aliphatic heterocycles. The second kappa shape index (κ2) is 9.14. The molecule has 0 saturated heterocycles. The van der Waals surface area contributed by atoms with Gasteiger partial charge in [-0.2, -0.15) is 5.10 Å². The van der Waals surface area contributed by atoms with Gasteiger partial charge < -0.3 is 17.1 Å². The molecule has 2 aromatic heterocycles. The average molecular weight is 403 g/mol. The van der Waals surface area contributed by atoms with Crippen molar-refractivity contribution in [1.82, 2.24) is 14.3 Å². The first-order valence-electron chi connectivity index (χ1n) is 7.32. The monoisotopic (exact) mass is 403 g/mol. The van der Waals surface area contributed by atoms with Gasteiger partial charge >= 0.3 is 0 Å². The summed E-state index contributed by atoms with van der Waals surface area (Å²) in [6.07, 6.45) is 1.58. The first-order chi connectivity index (χ1) is 10.5. The number of pyridine rings is 1. The van der Waals surface area contributed by atoms with Crippen LogP contribution in [0.15, 0.2) is 35.3 Å². The van der Waals surface area contributed by atoms with E-state index in [1.54, 1.807) is 25.0 Å². The van der Waals surface area contributed by atoms with Crippen molar-refractivity contribution in [3.63, 3.8) is 0 Å². The van der Waals surface area contributed by atoms with E-state index in [0.29, 0.717) is 16.6 Å². The normalized spacial score (nSPS) is 9.54. The first-order valence-corrected chi connectivity index (χ1v) is 7.32. The standard InChI is InChI=1S/C15H15N3O2.C2H6.CH3.Y/c1-9-6-4-5-7-10(9)12-14(19)13-11(8-16-18(13)3)17(2)15(12)20;1-2;;/h4-8,19H,1-3H3;1-2H3;1H3;/q;;-1;. The third kappa shape index (κ3) is 3.62. The van der Waals surface area contributed by atoms with Crippen molar-refractivity contribution in [2.75, 3.05) is 0 Å². The van der Waals surface area contributed by atoms with Crippen LogP contribution in [-0.4, -0.2) is 19.5 Å². The molecule has 127 valence electrons. The van der Waals surface area contributed by atoms with Crippen molar-refractivity contribution in [2.24, 2.45) is 14.1 Å². The first kappa shape index (κ1) is 22.5. The minimum Gasteiger partial charge on any atom is -0.505 e. The number of nitrogens with zero attached hydrogens (tertiary/aromatic N) is 3. The molecule has 0 fully saturated rings. The largest absolute Gasteiger partial charge is 0.505 e. The maximum atomic E-state index is 12.5. The molecule has 3 rings (SSSR count). The third-order valence-corrected chi connectivity index (χ3v) is 3.67. The fourth-order valence-corrected chi connectivity index (χ4v) is 2.54. The molecule has 1 aromatic carbocycles. The van der Waals surface area contributed by atoms with E-state index in [9.17, 15) is 9.90 Å². The Morgan fingerprint density at radius 3 is 2.29 bits per heavy atom. The summed E-state index contributed by atoms with van der Waals surface area (Å²) in [6.45, 7) is 5.92. The van der Waals surface area contributed by atoms with Crippen LogP contribution in [0.1, 0.15) is 19.4 Å². The topological polar surface area (TPSA) is 60.1 Å². The van der Waals surface area contributed by atoms with Gasteiger partial charge in [0.15, 0.2) is 5.75 Å². The molecule has 24 heavy (non-hydrogen) atoms. The Morgan fingerprint density at radius 2 is 1.71 bits per heavy atom. The van der Waals surface area contributed by atoms with Crippen LogP contribution in [0, 0.1) is 14.4 Å². The quantitative estimate of drug-likeness (QED) is 0.634. The van der Waals surface area contributed by atoms with Crippen LogP contribution in [-0.2, 0) is 46.8 Å². The molecule has 0 amide bonds. The number of aromatic hydroxyl groups is 1. The van der Waals surface area contributed by atoms with Gasteiger partial charge in [0, 0.05) is 46.8 Å². The van der Waals surface area contributed by atoms with Crippen molar-refractivity contribution in [2.45, 2.75) is 20.8 Å². The van der Waals surface area contributed by atoms with Crippen molar-refractivity contribution in [3.05, 3.63) is 53.8 Å². The third-order valence-electron chi connectivity index (χ3n) is 3.67. The fraction of sp³-hybridized carbons (Fsp3) is 0.278. The minimum atomic E-state index is -0.225. The zero-order chi connectivity index (χ0) is 16.4. The van der Waals surface area contributed by atoms with Crippen molar-refractivity contribution < 1.29 is 37.8 Å². The molecule has 0 bridgehead atoms. The Balaban J connectivity index is 0.00000128. The molecular weight excluding hydrogens is 379 g/mol.